The van der Waals surface area contributed by atoms with Gasteiger partial charge in [0.25, 0.3) is 0 Å². The van der Waals surface area contributed by atoms with Crippen LogP contribution in [0, 0.1) is 0 Å². The molecule has 0 aromatic rings. The minimum atomic E-state index is -1.77. The maximum absolute atomic E-state index is 13.0. The molecule has 0 aromatic heterocycles. The molecule has 2 fully saturated rings. The summed E-state index contributed by atoms with van der Waals surface area (Å²) < 4.78 is 33.6. The smallest absolute Gasteiger partial charge is 0.306 e. The monoisotopic (exact) mass is 993 g/mol. The van der Waals surface area contributed by atoms with Crippen molar-refractivity contribution in [2.45, 2.75) is 235 Å². The summed E-state index contributed by atoms with van der Waals surface area (Å²) in [6.07, 6.45) is 32.0. The molecule has 2 aliphatic rings. The van der Waals surface area contributed by atoms with Crippen LogP contribution in [0.25, 0.3) is 0 Å². The van der Waals surface area contributed by atoms with Crippen molar-refractivity contribution in [1.29, 1.82) is 0 Å². The predicted molar refractivity (Wildman–Crippen MR) is 270 cm³/mol. The van der Waals surface area contributed by atoms with Crippen LogP contribution in [0.5, 0.6) is 0 Å². The van der Waals surface area contributed by atoms with Gasteiger partial charge in [-0.1, -0.05) is 151 Å². The maximum atomic E-state index is 13.0. The Kier molecular flexibility index (Phi) is 37.3. The summed E-state index contributed by atoms with van der Waals surface area (Å²) in [5, 5.41) is 72.2. The number of carbonyl (C=O) groups is 2. The molecule has 2 saturated heterocycles. The van der Waals surface area contributed by atoms with E-state index in [0.717, 1.165) is 122 Å². The molecule has 0 radical (unpaired) electrons. The molecule has 2 aliphatic heterocycles. The van der Waals surface area contributed by atoms with Gasteiger partial charge in [-0.25, -0.2) is 0 Å². The van der Waals surface area contributed by atoms with Gasteiger partial charge in [-0.2, -0.15) is 0 Å². The number of hydrogen-bond donors (Lipinski definition) is 7. The Labute approximate surface area is 419 Å². The van der Waals surface area contributed by atoms with Crippen molar-refractivity contribution in [3.63, 3.8) is 0 Å². The summed E-state index contributed by atoms with van der Waals surface area (Å²) in [5.74, 6) is -0.952. The molecule has 0 aliphatic carbocycles. The largest absolute Gasteiger partial charge is 0.462 e. The second-order valence-corrected chi connectivity index (χ2v) is 18.3. The molecular formula is C55H92O15. The third kappa shape index (κ3) is 28.8. The summed E-state index contributed by atoms with van der Waals surface area (Å²) in [4.78, 5) is 25.8. The number of allylic oxidation sites excluding steroid dienone is 12. The van der Waals surface area contributed by atoms with Crippen LogP contribution in [0.4, 0.5) is 0 Å². The molecular weight excluding hydrogens is 901 g/mol. The van der Waals surface area contributed by atoms with E-state index in [0.29, 0.717) is 12.8 Å². The summed E-state index contributed by atoms with van der Waals surface area (Å²) in [7, 11) is 0. The molecule has 0 amide bonds. The third-order valence-electron chi connectivity index (χ3n) is 12.2. The lowest BCUT2D eigenvalue weighted by Gasteiger charge is -2.42. The van der Waals surface area contributed by atoms with Gasteiger partial charge in [0.15, 0.2) is 18.7 Å². The molecule has 0 saturated carbocycles. The number of aliphatic hydroxyl groups is 7. The minimum absolute atomic E-state index is 0.148. The highest BCUT2D eigenvalue weighted by Crippen LogP contribution is 2.26. The highest BCUT2D eigenvalue weighted by atomic mass is 16.7. The fourth-order valence-electron chi connectivity index (χ4n) is 7.89. The first kappa shape index (κ1) is 63.1. The lowest BCUT2D eigenvalue weighted by Crippen LogP contribution is -2.61. The Morgan fingerprint density at radius 1 is 0.457 bits per heavy atom. The number of unbranched alkanes of at least 4 members (excludes halogenated alkanes) is 14. The first-order valence-electron chi connectivity index (χ1n) is 26.5. The molecule has 70 heavy (non-hydrogen) atoms. The molecule has 15 heteroatoms. The summed E-state index contributed by atoms with van der Waals surface area (Å²) in [5.41, 5.74) is 0. The van der Waals surface area contributed by atoms with Crippen molar-refractivity contribution in [1.82, 2.24) is 0 Å². The average Bonchev–Trinajstić information content (AvgIpc) is 3.35. The molecule has 11 atom stereocenters. The normalized spacial score (nSPS) is 26.0. The average molecular weight is 993 g/mol. The predicted octanol–water partition coefficient (Wildman–Crippen LogP) is 7.82. The van der Waals surface area contributed by atoms with Gasteiger partial charge < -0.3 is 64.2 Å². The Balaban J connectivity index is 1.80. The maximum Gasteiger partial charge on any atom is 0.306 e. The van der Waals surface area contributed by atoms with Gasteiger partial charge in [0.2, 0.25) is 0 Å². The molecule has 0 aromatic carbocycles. The molecule has 0 bridgehead atoms. The van der Waals surface area contributed by atoms with E-state index in [1.165, 1.54) is 6.42 Å². The quantitative estimate of drug-likeness (QED) is 0.0176. The molecule has 2 rings (SSSR count). The minimum Gasteiger partial charge on any atom is -0.462 e. The molecule has 0 spiro atoms. The van der Waals surface area contributed by atoms with E-state index in [9.17, 15) is 45.3 Å². The third-order valence-corrected chi connectivity index (χ3v) is 12.2. The number of aliphatic hydroxyl groups excluding tert-OH is 7. The first-order chi connectivity index (χ1) is 34.0. The van der Waals surface area contributed by atoms with E-state index < -0.39 is 99.3 Å². The molecule has 402 valence electrons. The fourth-order valence-corrected chi connectivity index (χ4v) is 7.89. The number of rotatable bonds is 40. The Morgan fingerprint density at radius 2 is 0.857 bits per heavy atom. The number of carbonyl (C=O) groups excluding carboxylic acids is 2. The van der Waals surface area contributed by atoms with Crippen molar-refractivity contribution in [3.05, 3.63) is 72.9 Å². The summed E-state index contributed by atoms with van der Waals surface area (Å²) in [6.45, 7) is 2.34. The van der Waals surface area contributed by atoms with E-state index in [2.05, 4.69) is 86.8 Å². The summed E-state index contributed by atoms with van der Waals surface area (Å²) in [6, 6.07) is 0. The molecule has 15 nitrogen and oxygen atoms in total. The van der Waals surface area contributed by atoms with E-state index in [4.69, 9.17) is 28.4 Å². The Hall–Kier alpha value is -3.06. The Bertz CT molecular complexity index is 1490. The van der Waals surface area contributed by atoms with Crippen LogP contribution in [0.1, 0.15) is 168 Å². The van der Waals surface area contributed by atoms with Crippen LogP contribution < -0.4 is 0 Å². The second kappa shape index (κ2) is 41.4. The van der Waals surface area contributed by atoms with Crippen LogP contribution in [0.15, 0.2) is 72.9 Å². The molecule has 7 N–H and O–H groups in total. The van der Waals surface area contributed by atoms with Gasteiger partial charge >= 0.3 is 11.9 Å². The van der Waals surface area contributed by atoms with E-state index >= 15 is 0 Å². The summed E-state index contributed by atoms with van der Waals surface area (Å²) >= 11 is 0. The van der Waals surface area contributed by atoms with E-state index in [-0.39, 0.29) is 19.4 Å². The van der Waals surface area contributed by atoms with Crippen molar-refractivity contribution in [3.8, 4) is 0 Å². The molecule has 11 unspecified atom stereocenters. The lowest BCUT2D eigenvalue weighted by atomic mass is 9.98. The number of esters is 2. The van der Waals surface area contributed by atoms with Crippen LogP contribution in [-0.4, -0.2) is 142 Å². The van der Waals surface area contributed by atoms with Crippen molar-refractivity contribution in [2.24, 2.45) is 0 Å². The number of ether oxygens (including phenoxy) is 6. The van der Waals surface area contributed by atoms with Gasteiger partial charge in [0, 0.05) is 12.8 Å². The van der Waals surface area contributed by atoms with Gasteiger partial charge in [0.05, 0.1) is 19.8 Å². The van der Waals surface area contributed by atoms with E-state index in [1.807, 2.05) is 0 Å². The molecule has 2 heterocycles. The Morgan fingerprint density at radius 3 is 1.34 bits per heavy atom. The lowest BCUT2D eigenvalue weighted by molar-refractivity contribution is -0.332. The van der Waals surface area contributed by atoms with Gasteiger partial charge in [0.1, 0.15) is 55.4 Å². The first-order valence-corrected chi connectivity index (χ1v) is 26.5. The number of hydrogen-bond acceptors (Lipinski definition) is 15. The van der Waals surface area contributed by atoms with E-state index in [1.54, 1.807) is 0 Å². The highest BCUT2D eigenvalue weighted by molar-refractivity contribution is 5.70. The topological polar surface area (TPSA) is 231 Å². The zero-order valence-electron chi connectivity index (χ0n) is 42.5. The van der Waals surface area contributed by atoms with Crippen LogP contribution in [0.3, 0.4) is 0 Å². The van der Waals surface area contributed by atoms with Gasteiger partial charge in [-0.05, 0) is 77.0 Å². The van der Waals surface area contributed by atoms with Crippen molar-refractivity contribution < 1.29 is 73.8 Å². The van der Waals surface area contributed by atoms with Crippen LogP contribution in [0.2, 0.25) is 0 Å². The standard InChI is InChI=1S/C55H92O15/c1-3-5-7-9-11-13-15-17-19-21-23-25-27-29-31-33-35-37-46(57)65-40-43(68-47(58)38-36-34-32-30-28-26-24-22-20-18-16-14-12-10-8-6-4-2)41-66-54-53(64)51(62)49(60)45(70-54)42-67-55-52(63)50(61)48(59)44(39-56)69-55/h5-8,11-14,17-20,43-45,48-56,59-64H,3-4,9-10,15-16,21-42H2,1-2H3/b7-5-,8-6-,13-11-,14-12-,19-17-,20-18-. The van der Waals surface area contributed by atoms with Crippen molar-refractivity contribution >= 4 is 11.9 Å². The van der Waals surface area contributed by atoms with Crippen LogP contribution in [-0.2, 0) is 38.0 Å². The van der Waals surface area contributed by atoms with Gasteiger partial charge in [-0.3, -0.25) is 9.59 Å². The van der Waals surface area contributed by atoms with Gasteiger partial charge in [-0.15, -0.1) is 0 Å². The van der Waals surface area contributed by atoms with Crippen molar-refractivity contribution in [2.75, 3.05) is 26.4 Å². The SMILES string of the molecule is CC/C=C\C/C=C\C/C=C\CCCCCCCCCC(=O)OCC(COC1OC(COC2OC(CO)C(O)C(O)C2O)C(O)C(O)C1O)OC(=O)CCCCCCCCC/C=C\C/C=C\C/C=C\CC. The fraction of sp³-hybridized carbons (Fsp3) is 0.745. The zero-order valence-corrected chi connectivity index (χ0v) is 42.5. The second-order valence-electron chi connectivity index (χ2n) is 18.3. The van der Waals surface area contributed by atoms with Crippen LogP contribution >= 0.6 is 0 Å². The highest BCUT2D eigenvalue weighted by Gasteiger charge is 2.47. The zero-order chi connectivity index (χ0) is 51.0.